The van der Waals surface area contributed by atoms with E-state index in [0.717, 1.165) is 75.1 Å². The van der Waals surface area contributed by atoms with Gasteiger partial charge in [-0.1, -0.05) is 20.8 Å². The first kappa shape index (κ1) is 18.4. The minimum Gasteiger partial charge on any atom is -0.378 e. The molecule has 0 aromatic carbocycles. The lowest BCUT2D eigenvalue weighted by molar-refractivity contribution is 0.122. The van der Waals surface area contributed by atoms with Crippen LogP contribution in [0.3, 0.4) is 0 Å². The van der Waals surface area contributed by atoms with Gasteiger partial charge in [-0.2, -0.15) is 4.37 Å². The van der Waals surface area contributed by atoms with Crippen LogP contribution in [0.4, 0.5) is 16.8 Å². The lowest BCUT2D eigenvalue weighted by Crippen LogP contribution is -2.47. The third-order valence-corrected chi connectivity index (χ3v) is 5.71. The van der Waals surface area contributed by atoms with Gasteiger partial charge in [-0.25, -0.2) is 15.0 Å². The van der Waals surface area contributed by atoms with E-state index >= 15 is 0 Å². The van der Waals surface area contributed by atoms with Gasteiger partial charge in [-0.15, -0.1) is 0 Å². The van der Waals surface area contributed by atoms with Crippen molar-refractivity contribution >= 4 is 28.3 Å². The highest BCUT2D eigenvalue weighted by Gasteiger charge is 2.25. The third kappa shape index (κ3) is 4.14. The van der Waals surface area contributed by atoms with Crippen LogP contribution in [0.15, 0.2) is 12.4 Å². The van der Waals surface area contributed by atoms with Crippen LogP contribution in [0.5, 0.6) is 0 Å². The smallest absolute Gasteiger partial charge is 0.205 e. The molecular weight excluding hydrogens is 362 g/mol. The Morgan fingerprint density at radius 2 is 1.48 bits per heavy atom. The lowest BCUT2D eigenvalue weighted by atomic mass is 9.96. The first-order valence-electron chi connectivity index (χ1n) is 9.49. The fourth-order valence-electron chi connectivity index (χ4n) is 3.25. The second-order valence-corrected chi connectivity index (χ2v) is 8.69. The van der Waals surface area contributed by atoms with Gasteiger partial charge in [-0.3, -0.25) is 0 Å². The average Bonchev–Trinajstić information content (AvgIpc) is 3.20. The Kier molecular flexibility index (Phi) is 5.14. The van der Waals surface area contributed by atoms with Crippen molar-refractivity contribution < 1.29 is 4.74 Å². The minimum absolute atomic E-state index is 0.00652. The maximum Gasteiger partial charge on any atom is 0.205 e. The number of aromatic nitrogens is 4. The van der Waals surface area contributed by atoms with E-state index in [1.807, 2.05) is 0 Å². The van der Waals surface area contributed by atoms with E-state index in [2.05, 4.69) is 55.9 Å². The van der Waals surface area contributed by atoms with Gasteiger partial charge in [-0.05, 0) is 0 Å². The Bertz CT molecular complexity index is 761. The quantitative estimate of drug-likeness (QED) is 0.787. The Balaban J connectivity index is 1.40. The van der Waals surface area contributed by atoms with Crippen LogP contribution < -0.4 is 14.7 Å². The largest absolute Gasteiger partial charge is 0.378 e. The number of hydrogen-bond donors (Lipinski definition) is 0. The predicted molar refractivity (Wildman–Crippen MR) is 108 cm³/mol. The standard InChI is InChI=1S/C18H27N7OS/c1-18(2,3)16-21-17(27-22-16)25-6-4-23(5-7-25)14-12-15(20-13-19-14)24-8-10-26-11-9-24/h12-13H,4-11H2,1-3H3. The second-order valence-electron chi connectivity index (χ2n) is 7.96. The van der Waals surface area contributed by atoms with E-state index in [0.29, 0.717) is 0 Å². The number of ether oxygens (including phenoxy) is 1. The zero-order valence-corrected chi connectivity index (χ0v) is 17.1. The van der Waals surface area contributed by atoms with Gasteiger partial charge >= 0.3 is 0 Å². The molecule has 0 radical (unpaired) electrons. The molecule has 0 unspecified atom stereocenters. The van der Waals surface area contributed by atoms with Gasteiger partial charge in [0.2, 0.25) is 5.13 Å². The molecule has 2 saturated heterocycles. The van der Waals surface area contributed by atoms with Crippen molar-refractivity contribution in [1.29, 1.82) is 0 Å². The molecule has 9 heteroatoms. The second kappa shape index (κ2) is 7.55. The summed E-state index contributed by atoms with van der Waals surface area (Å²) in [4.78, 5) is 20.6. The molecule has 2 aromatic heterocycles. The number of anilines is 3. The normalized spacial score (nSPS) is 18.9. The number of hydrogen-bond acceptors (Lipinski definition) is 9. The summed E-state index contributed by atoms with van der Waals surface area (Å²) in [6.45, 7) is 13.4. The molecule has 0 saturated carbocycles. The van der Waals surface area contributed by atoms with Crippen LogP contribution >= 0.6 is 11.5 Å². The maximum absolute atomic E-state index is 5.43. The van der Waals surface area contributed by atoms with E-state index < -0.39 is 0 Å². The molecule has 4 rings (SSSR count). The zero-order valence-electron chi connectivity index (χ0n) is 16.3. The van der Waals surface area contributed by atoms with Gasteiger partial charge < -0.3 is 19.4 Å². The molecule has 0 aliphatic carbocycles. The molecule has 0 N–H and O–H groups in total. The van der Waals surface area contributed by atoms with Gasteiger partial charge in [0.15, 0.2) is 0 Å². The molecule has 0 atom stereocenters. The van der Waals surface area contributed by atoms with Crippen molar-refractivity contribution in [2.45, 2.75) is 26.2 Å². The molecule has 0 bridgehead atoms. The van der Waals surface area contributed by atoms with E-state index in [-0.39, 0.29) is 5.41 Å². The monoisotopic (exact) mass is 389 g/mol. The van der Waals surface area contributed by atoms with Gasteiger partial charge in [0.25, 0.3) is 0 Å². The van der Waals surface area contributed by atoms with Gasteiger partial charge in [0.05, 0.1) is 13.2 Å². The van der Waals surface area contributed by atoms with Crippen molar-refractivity contribution in [3.63, 3.8) is 0 Å². The molecule has 2 fully saturated rings. The molecule has 2 aromatic rings. The first-order chi connectivity index (χ1) is 13.0. The highest BCUT2D eigenvalue weighted by Crippen LogP contribution is 2.27. The van der Waals surface area contributed by atoms with E-state index in [9.17, 15) is 0 Å². The molecule has 4 heterocycles. The van der Waals surface area contributed by atoms with Crippen molar-refractivity contribution in [3.05, 3.63) is 18.2 Å². The van der Waals surface area contributed by atoms with Crippen LogP contribution in [-0.4, -0.2) is 71.8 Å². The Hall–Kier alpha value is -2.00. The average molecular weight is 390 g/mol. The molecule has 8 nitrogen and oxygen atoms in total. The first-order valence-corrected chi connectivity index (χ1v) is 10.3. The van der Waals surface area contributed by atoms with E-state index in [4.69, 9.17) is 9.72 Å². The molecule has 146 valence electrons. The zero-order chi connectivity index (χ0) is 18.9. The van der Waals surface area contributed by atoms with Crippen molar-refractivity contribution in [2.75, 3.05) is 67.2 Å². The van der Waals surface area contributed by atoms with Crippen molar-refractivity contribution in [3.8, 4) is 0 Å². The summed E-state index contributed by atoms with van der Waals surface area (Å²) in [6.07, 6.45) is 1.67. The summed E-state index contributed by atoms with van der Waals surface area (Å²) in [6, 6.07) is 2.10. The summed E-state index contributed by atoms with van der Waals surface area (Å²) in [5, 5.41) is 1.02. The Labute approximate surface area is 164 Å². The topological polar surface area (TPSA) is 70.5 Å². The summed E-state index contributed by atoms with van der Waals surface area (Å²) in [5.41, 5.74) is -0.00652. The van der Waals surface area contributed by atoms with Crippen LogP contribution in [0.25, 0.3) is 0 Å². The molecule has 2 aliphatic heterocycles. The SMILES string of the molecule is CC(C)(C)c1nsc(N2CCN(c3cc(N4CCOCC4)ncn3)CC2)n1. The van der Waals surface area contributed by atoms with Crippen LogP contribution in [-0.2, 0) is 10.2 Å². The summed E-state index contributed by atoms with van der Waals surface area (Å²) >= 11 is 1.50. The van der Waals surface area contributed by atoms with Crippen LogP contribution in [0, 0.1) is 0 Å². The summed E-state index contributed by atoms with van der Waals surface area (Å²) in [7, 11) is 0. The van der Waals surface area contributed by atoms with Crippen molar-refractivity contribution in [2.24, 2.45) is 0 Å². The van der Waals surface area contributed by atoms with E-state index in [1.54, 1.807) is 6.33 Å². The molecule has 27 heavy (non-hydrogen) atoms. The Morgan fingerprint density at radius 3 is 2.07 bits per heavy atom. The van der Waals surface area contributed by atoms with Gasteiger partial charge in [0.1, 0.15) is 23.8 Å². The fourth-order valence-corrected chi connectivity index (χ4v) is 4.16. The van der Waals surface area contributed by atoms with Crippen molar-refractivity contribution in [1.82, 2.24) is 19.3 Å². The molecular formula is C18H27N7OS. The van der Waals surface area contributed by atoms with E-state index in [1.165, 1.54) is 11.5 Å². The Morgan fingerprint density at radius 1 is 0.889 bits per heavy atom. The maximum atomic E-state index is 5.43. The predicted octanol–water partition coefficient (Wildman–Crippen LogP) is 1.79. The molecule has 0 spiro atoms. The van der Waals surface area contributed by atoms with Crippen LogP contribution in [0.2, 0.25) is 0 Å². The summed E-state index contributed by atoms with van der Waals surface area (Å²) in [5.74, 6) is 2.92. The lowest BCUT2D eigenvalue weighted by Gasteiger charge is -2.35. The number of rotatable bonds is 3. The minimum atomic E-state index is -0.00652. The number of piperazine rings is 1. The number of morpholine rings is 1. The van der Waals surface area contributed by atoms with Gasteiger partial charge in [0, 0.05) is 62.3 Å². The third-order valence-electron chi connectivity index (χ3n) is 4.93. The highest BCUT2D eigenvalue weighted by molar-refractivity contribution is 7.09. The summed E-state index contributed by atoms with van der Waals surface area (Å²) < 4.78 is 9.98. The number of nitrogens with zero attached hydrogens (tertiary/aromatic N) is 7. The molecule has 2 aliphatic rings. The highest BCUT2D eigenvalue weighted by atomic mass is 32.1. The fraction of sp³-hybridized carbons (Fsp3) is 0.667. The molecule has 0 amide bonds. The van der Waals surface area contributed by atoms with Crippen LogP contribution in [0.1, 0.15) is 26.6 Å².